The predicted octanol–water partition coefficient (Wildman–Crippen LogP) is 2.57. The van der Waals surface area contributed by atoms with Crippen molar-refractivity contribution in [2.24, 2.45) is 7.05 Å². The molecule has 3 nitrogen and oxygen atoms in total. The van der Waals surface area contributed by atoms with Gasteiger partial charge in [0.2, 0.25) is 0 Å². The minimum absolute atomic E-state index is 0.0222. The number of hydrogen-bond donors (Lipinski definition) is 1. The molecule has 1 saturated heterocycles. The van der Waals surface area contributed by atoms with E-state index in [0.717, 1.165) is 23.4 Å². The molecule has 2 atom stereocenters. The van der Waals surface area contributed by atoms with Gasteiger partial charge in [-0.2, -0.15) is 16.9 Å². The van der Waals surface area contributed by atoms with Crippen LogP contribution in [0.2, 0.25) is 5.15 Å². The van der Waals surface area contributed by atoms with E-state index >= 15 is 0 Å². The zero-order valence-corrected chi connectivity index (χ0v) is 12.1. The third-order valence-corrected chi connectivity index (χ3v) is 5.72. The van der Waals surface area contributed by atoms with Gasteiger partial charge in [0, 0.05) is 23.8 Å². The summed E-state index contributed by atoms with van der Waals surface area (Å²) >= 11 is 8.06. The first-order valence-electron chi connectivity index (χ1n) is 5.94. The second-order valence-electron chi connectivity index (χ2n) is 4.96. The molecular formula is C12H19ClN2OS. The van der Waals surface area contributed by atoms with E-state index < -0.39 is 0 Å². The molecule has 2 heterocycles. The summed E-state index contributed by atoms with van der Waals surface area (Å²) in [5.41, 5.74) is 1.90. The molecular weight excluding hydrogens is 256 g/mol. The lowest BCUT2D eigenvalue weighted by atomic mass is 9.93. The van der Waals surface area contributed by atoms with Crippen LogP contribution in [0.3, 0.4) is 0 Å². The summed E-state index contributed by atoms with van der Waals surface area (Å²) in [6.45, 7) is 4.09. The van der Waals surface area contributed by atoms with Gasteiger partial charge >= 0.3 is 0 Å². The number of rotatable bonds is 3. The van der Waals surface area contributed by atoms with Gasteiger partial charge in [-0.05, 0) is 32.4 Å². The summed E-state index contributed by atoms with van der Waals surface area (Å²) in [4.78, 5) is 0. The largest absolute Gasteiger partial charge is 0.391 e. The summed E-state index contributed by atoms with van der Waals surface area (Å²) in [5, 5.41) is 15.3. The predicted molar refractivity (Wildman–Crippen MR) is 72.8 cm³/mol. The Morgan fingerprint density at radius 3 is 2.82 bits per heavy atom. The molecule has 1 fully saturated rings. The molecule has 1 aliphatic rings. The highest BCUT2D eigenvalue weighted by molar-refractivity contribution is 8.00. The number of thioether (sulfide) groups is 1. The van der Waals surface area contributed by atoms with Crippen LogP contribution in [0.5, 0.6) is 0 Å². The maximum Gasteiger partial charge on any atom is 0.130 e. The van der Waals surface area contributed by atoms with Gasteiger partial charge in [-0.25, -0.2) is 0 Å². The Kier molecular flexibility index (Phi) is 3.76. The summed E-state index contributed by atoms with van der Waals surface area (Å²) in [6, 6.07) is 0. The van der Waals surface area contributed by atoms with Crippen LogP contribution in [0, 0.1) is 6.92 Å². The molecule has 1 aliphatic heterocycles. The average molecular weight is 275 g/mol. The van der Waals surface area contributed by atoms with Crippen LogP contribution < -0.4 is 0 Å². The molecule has 0 bridgehead atoms. The third-order valence-electron chi connectivity index (χ3n) is 3.62. The van der Waals surface area contributed by atoms with Crippen LogP contribution in [0.25, 0.3) is 0 Å². The number of halogens is 1. The third kappa shape index (κ3) is 2.49. The summed E-state index contributed by atoms with van der Waals surface area (Å²) in [5.74, 6) is 1.15. The van der Waals surface area contributed by atoms with E-state index in [1.165, 1.54) is 6.42 Å². The number of aliphatic hydroxyl groups excluding tert-OH is 1. The van der Waals surface area contributed by atoms with Crippen LogP contribution in [0.15, 0.2) is 0 Å². The van der Waals surface area contributed by atoms with Crippen LogP contribution >= 0.6 is 23.4 Å². The first-order chi connectivity index (χ1) is 7.94. The van der Waals surface area contributed by atoms with E-state index in [4.69, 9.17) is 11.6 Å². The van der Waals surface area contributed by atoms with Crippen molar-refractivity contribution in [1.29, 1.82) is 0 Å². The van der Waals surface area contributed by atoms with Gasteiger partial charge in [-0.15, -0.1) is 0 Å². The van der Waals surface area contributed by atoms with Crippen LogP contribution in [0.1, 0.15) is 31.0 Å². The van der Waals surface area contributed by atoms with E-state index in [-0.39, 0.29) is 10.9 Å². The molecule has 0 amide bonds. The molecule has 5 heteroatoms. The van der Waals surface area contributed by atoms with Gasteiger partial charge in [-0.3, -0.25) is 4.68 Å². The molecule has 2 unspecified atom stereocenters. The lowest BCUT2D eigenvalue weighted by molar-refractivity contribution is 0.133. The van der Waals surface area contributed by atoms with E-state index in [2.05, 4.69) is 12.0 Å². The molecule has 2 rings (SSSR count). The van der Waals surface area contributed by atoms with Gasteiger partial charge in [-0.1, -0.05) is 11.6 Å². The van der Waals surface area contributed by atoms with E-state index in [1.54, 1.807) is 4.68 Å². The van der Waals surface area contributed by atoms with Crippen molar-refractivity contribution in [1.82, 2.24) is 9.78 Å². The number of aromatic nitrogens is 2. The smallest absolute Gasteiger partial charge is 0.130 e. The molecule has 0 aromatic carbocycles. The fourth-order valence-electron chi connectivity index (χ4n) is 2.38. The van der Waals surface area contributed by atoms with E-state index in [0.29, 0.717) is 11.6 Å². The van der Waals surface area contributed by atoms with E-state index in [1.807, 2.05) is 25.7 Å². The van der Waals surface area contributed by atoms with Gasteiger partial charge in [0.05, 0.1) is 11.8 Å². The van der Waals surface area contributed by atoms with Crippen molar-refractivity contribution >= 4 is 23.4 Å². The zero-order valence-electron chi connectivity index (χ0n) is 10.5. The highest BCUT2D eigenvalue weighted by Crippen LogP contribution is 2.41. The Morgan fingerprint density at radius 2 is 2.35 bits per heavy atom. The lowest BCUT2D eigenvalue weighted by Gasteiger charge is -2.29. The Labute approximate surface area is 112 Å². The second kappa shape index (κ2) is 4.82. The van der Waals surface area contributed by atoms with Gasteiger partial charge < -0.3 is 5.11 Å². The maximum atomic E-state index is 10.4. The number of aliphatic hydroxyl groups is 1. The number of aryl methyl sites for hydroxylation is 2. The van der Waals surface area contributed by atoms with E-state index in [9.17, 15) is 5.11 Å². The first-order valence-corrected chi connectivity index (χ1v) is 7.30. The first kappa shape index (κ1) is 13.2. The second-order valence-corrected chi connectivity index (χ2v) is 6.95. The fourth-order valence-corrected chi connectivity index (χ4v) is 3.95. The molecule has 0 aliphatic carbocycles. The summed E-state index contributed by atoms with van der Waals surface area (Å²) < 4.78 is 1.65. The van der Waals surface area contributed by atoms with Crippen molar-refractivity contribution in [3.8, 4) is 0 Å². The molecule has 0 saturated carbocycles. The Bertz CT molecular complexity index is 413. The highest BCUT2D eigenvalue weighted by atomic mass is 35.5. The van der Waals surface area contributed by atoms with Gasteiger partial charge in [0.15, 0.2) is 0 Å². The van der Waals surface area contributed by atoms with Crippen molar-refractivity contribution in [2.45, 2.75) is 44.0 Å². The molecule has 0 radical (unpaired) electrons. The molecule has 1 N–H and O–H groups in total. The summed E-state index contributed by atoms with van der Waals surface area (Å²) in [7, 11) is 1.83. The van der Waals surface area contributed by atoms with Crippen LogP contribution in [0.4, 0.5) is 0 Å². The Balaban J connectivity index is 2.15. The minimum atomic E-state index is -0.351. The van der Waals surface area contributed by atoms with Crippen molar-refractivity contribution < 1.29 is 5.11 Å². The molecule has 17 heavy (non-hydrogen) atoms. The molecule has 96 valence electrons. The molecule has 1 aromatic heterocycles. The quantitative estimate of drug-likeness (QED) is 0.921. The SMILES string of the molecule is Cc1nn(C)c(Cl)c1CC(O)C1(C)CCCS1. The Morgan fingerprint density at radius 1 is 1.65 bits per heavy atom. The molecule has 1 aromatic rings. The maximum absolute atomic E-state index is 10.4. The fraction of sp³-hybridized carbons (Fsp3) is 0.750. The summed E-state index contributed by atoms with van der Waals surface area (Å²) in [6.07, 6.45) is 2.52. The minimum Gasteiger partial charge on any atom is -0.391 e. The highest BCUT2D eigenvalue weighted by Gasteiger charge is 2.37. The Hall–Kier alpha value is -0.190. The van der Waals surface area contributed by atoms with Gasteiger partial charge in [0.1, 0.15) is 5.15 Å². The molecule has 0 spiro atoms. The lowest BCUT2D eigenvalue weighted by Crippen LogP contribution is -2.35. The van der Waals surface area contributed by atoms with Gasteiger partial charge in [0.25, 0.3) is 0 Å². The normalized spacial score (nSPS) is 26.4. The van der Waals surface area contributed by atoms with Crippen molar-refractivity contribution in [2.75, 3.05) is 5.75 Å². The zero-order chi connectivity index (χ0) is 12.6. The van der Waals surface area contributed by atoms with Crippen molar-refractivity contribution in [3.63, 3.8) is 0 Å². The van der Waals surface area contributed by atoms with Crippen LogP contribution in [-0.2, 0) is 13.5 Å². The number of nitrogens with zero attached hydrogens (tertiary/aromatic N) is 2. The average Bonchev–Trinajstić information content (AvgIpc) is 2.80. The standard InChI is InChI=1S/C12H19ClN2OS/c1-8-9(11(13)15(3)14-8)7-10(16)12(2)5-4-6-17-12/h10,16H,4-7H2,1-3H3. The van der Waals surface area contributed by atoms with Crippen molar-refractivity contribution in [3.05, 3.63) is 16.4 Å². The topological polar surface area (TPSA) is 38.0 Å². The number of hydrogen-bond acceptors (Lipinski definition) is 3. The monoisotopic (exact) mass is 274 g/mol. The van der Waals surface area contributed by atoms with Crippen LogP contribution in [-0.4, -0.2) is 31.5 Å².